The molecule has 0 radical (unpaired) electrons. The fraction of sp³-hybridized carbons (Fsp3) is 0.429. The number of amides is 1. The molecule has 0 aromatic heterocycles. The number of carbonyl (C=O) groups is 2. The number of hydrogen-bond donors (Lipinski definition) is 1. The van der Waals surface area contributed by atoms with Gasteiger partial charge in [0.1, 0.15) is 0 Å². The van der Waals surface area contributed by atoms with Crippen LogP contribution in [0.5, 0.6) is 0 Å². The maximum absolute atomic E-state index is 12.2. The SMILES string of the molecule is CCCCC1(OC(C)=O)C(=O)Nc2ccccc21. The number of hydrogen-bond acceptors (Lipinski definition) is 3. The van der Waals surface area contributed by atoms with Crippen molar-refractivity contribution in [2.45, 2.75) is 38.7 Å². The zero-order chi connectivity index (χ0) is 13.2. The molecule has 0 spiro atoms. The number of unbranched alkanes of at least 4 members (excludes halogenated alkanes) is 1. The second kappa shape index (κ2) is 4.80. The van der Waals surface area contributed by atoms with E-state index in [1.165, 1.54) is 6.92 Å². The summed E-state index contributed by atoms with van der Waals surface area (Å²) in [5.41, 5.74) is 0.358. The summed E-state index contributed by atoms with van der Waals surface area (Å²) in [7, 11) is 0. The van der Waals surface area contributed by atoms with Gasteiger partial charge in [0.05, 0.1) is 0 Å². The zero-order valence-corrected chi connectivity index (χ0v) is 10.7. The number of benzene rings is 1. The molecule has 1 atom stereocenters. The van der Waals surface area contributed by atoms with Gasteiger partial charge in [-0.2, -0.15) is 0 Å². The lowest BCUT2D eigenvalue weighted by Crippen LogP contribution is -2.38. The number of fused-ring (bicyclic) bond motifs is 1. The molecule has 96 valence electrons. The lowest BCUT2D eigenvalue weighted by molar-refractivity contribution is -0.165. The van der Waals surface area contributed by atoms with Gasteiger partial charge in [0.15, 0.2) is 0 Å². The van der Waals surface area contributed by atoms with Crippen LogP contribution in [0, 0.1) is 0 Å². The topological polar surface area (TPSA) is 55.4 Å². The van der Waals surface area contributed by atoms with Gasteiger partial charge in [-0.1, -0.05) is 31.5 Å². The maximum Gasteiger partial charge on any atom is 0.304 e. The summed E-state index contributed by atoms with van der Waals surface area (Å²) >= 11 is 0. The molecule has 1 aromatic carbocycles. The molecular formula is C14H17NO3. The van der Waals surface area contributed by atoms with E-state index in [9.17, 15) is 9.59 Å². The molecule has 2 rings (SSSR count). The number of rotatable bonds is 4. The molecule has 1 aliphatic heterocycles. The van der Waals surface area contributed by atoms with Crippen LogP contribution in [0.3, 0.4) is 0 Å². The van der Waals surface area contributed by atoms with Crippen molar-refractivity contribution in [3.63, 3.8) is 0 Å². The third-order valence-electron chi connectivity index (χ3n) is 3.18. The summed E-state index contributed by atoms with van der Waals surface area (Å²) in [6, 6.07) is 7.36. The molecule has 1 amide bonds. The van der Waals surface area contributed by atoms with Crippen molar-refractivity contribution in [2.75, 3.05) is 5.32 Å². The fourth-order valence-corrected chi connectivity index (χ4v) is 2.36. The van der Waals surface area contributed by atoms with E-state index in [4.69, 9.17) is 4.74 Å². The van der Waals surface area contributed by atoms with Crippen LogP contribution in [-0.2, 0) is 19.9 Å². The average molecular weight is 247 g/mol. The first kappa shape index (κ1) is 12.6. The Morgan fingerprint density at radius 1 is 1.39 bits per heavy atom. The first-order chi connectivity index (χ1) is 8.60. The Bertz CT molecular complexity index is 484. The summed E-state index contributed by atoms with van der Waals surface area (Å²) < 4.78 is 5.39. The molecule has 0 saturated carbocycles. The van der Waals surface area contributed by atoms with Crippen LogP contribution in [0.25, 0.3) is 0 Å². The molecule has 4 heteroatoms. The van der Waals surface area contributed by atoms with E-state index >= 15 is 0 Å². The van der Waals surface area contributed by atoms with Gasteiger partial charge in [-0.25, -0.2) is 0 Å². The minimum Gasteiger partial charge on any atom is -0.444 e. The predicted octanol–water partition coefficient (Wildman–Crippen LogP) is 2.59. The van der Waals surface area contributed by atoms with E-state index in [-0.39, 0.29) is 5.91 Å². The van der Waals surface area contributed by atoms with Gasteiger partial charge in [-0.3, -0.25) is 9.59 Å². The van der Waals surface area contributed by atoms with Gasteiger partial charge in [0, 0.05) is 24.6 Å². The number of anilines is 1. The van der Waals surface area contributed by atoms with Gasteiger partial charge in [0.25, 0.3) is 5.91 Å². The molecule has 1 N–H and O–H groups in total. The van der Waals surface area contributed by atoms with Crippen LogP contribution in [0.2, 0.25) is 0 Å². The Labute approximate surface area is 106 Å². The summed E-state index contributed by atoms with van der Waals surface area (Å²) in [5, 5.41) is 2.79. The predicted molar refractivity (Wildman–Crippen MR) is 68.0 cm³/mol. The standard InChI is InChI=1S/C14H17NO3/c1-3-4-9-14(18-10(2)16)11-7-5-6-8-12(11)15-13(14)17/h5-8H,3-4,9H2,1-2H3,(H,15,17). The zero-order valence-electron chi connectivity index (χ0n) is 10.7. The van der Waals surface area contributed by atoms with Crippen LogP contribution >= 0.6 is 0 Å². The normalized spacial score (nSPS) is 21.3. The highest BCUT2D eigenvalue weighted by atomic mass is 16.6. The van der Waals surface area contributed by atoms with Crippen molar-refractivity contribution >= 4 is 17.6 Å². The van der Waals surface area contributed by atoms with Gasteiger partial charge in [0.2, 0.25) is 5.60 Å². The second-order valence-electron chi connectivity index (χ2n) is 4.52. The van der Waals surface area contributed by atoms with E-state index in [1.807, 2.05) is 31.2 Å². The monoisotopic (exact) mass is 247 g/mol. The van der Waals surface area contributed by atoms with Crippen LogP contribution in [-0.4, -0.2) is 11.9 Å². The van der Waals surface area contributed by atoms with Gasteiger partial charge < -0.3 is 10.1 Å². The Morgan fingerprint density at radius 3 is 2.78 bits per heavy atom. The summed E-state index contributed by atoms with van der Waals surface area (Å²) in [5.74, 6) is -0.676. The first-order valence-electron chi connectivity index (χ1n) is 6.20. The van der Waals surface area contributed by atoms with E-state index in [2.05, 4.69) is 5.32 Å². The quantitative estimate of drug-likeness (QED) is 0.832. The van der Waals surface area contributed by atoms with E-state index < -0.39 is 11.6 Å². The third kappa shape index (κ3) is 1.98. The van der Waals surface area contributed by atoms with Crippen molar-refractivity contribution in [3.8, 4) is 0 Å². The Morgan fingerprint density at radius 2 is 2.11 bits per heavy atom. The highest BCUT2D eigenvalue weighted by molar-refractivity contribution is 6.06. The van der Waals surface area contributed by atoms with Crippen molar-refractivity contribution in [3.05, 3.63) is 29.8 Å². The lowest BCUT2D eigenvalue weighted by atomic mass is 9.89. The van der Waals surface area contributed by atoms with E-state index in [1.54, 1.807) is 0 Å². The van der Waals surface area contributed by atoms with Crippen LogP contribution in [0.1, 0.15) is 38.7 Å². The number of ether oxygens (including phenoxy) is 1. The molecule has 0 bridgehead atoms. The largest absolute Gasteiger partial charge is 0.444 e. The lowest BCUT2D eigenvalue weighted by Gasteiger charge is -2.26. The number of esters is 1. The van der Waals surface area contributed by atoms with Crippen molar-refractivity contribution in [1.82, 2.24) is 0 Å². The van der Waals surface area contributed by atoms with E-state index in [0.717, 1.165) is 24.1 Å². The van der Waals surface area contributed by atoms with Gasteiger partial charge >= 0.3 is 5.97 Å². The molecular weight excluding hydrogens is 230 g/mol. The molecule has 1 aromatic rings. The maximum atomic E-state index is 12.2. The molecule has 1 heterocycles. The van der Waals surface area contributed by atoms with Gasteiger partial charge in [-0.05, 0) is 12.5 Å². The Kier molecular flexibility index (Phi) is 3.36. The van der Waals surface area contributed by atoms with Crippen molar-refractivity contribution < 1.29 is 14.3 Å². The Balaban J connectivity index is 2.44. The van der Waals surface area contributed by atoms with Crippen molar-refractivity contribution in [1.29, 1.82) is 0 Å². The number of nitrogens with one attached hydrogen (secondary N) is 1. The summed E-state index contributed by atoms with van der Waals surface area (Å²) in [4.78, 5) is 23.5. The third-order valence-corrected chi connectivity index (χ3v) is 3.18. The fourth-order valence-electron chi connectivity index (χ4n) is 2.36. The van der Waals surface area contributed by atoms with Crippen LogP contribution < -0.4 is 5.32 Å². The van der Waals surface area contributed by atoms with Crippen molar-refractivity contribution in [2.24, 2.45) is 0 Å². The second-order valence-corrected chi connectivity index (χ2v) is 4.52. The number of para-hydroxylation sites is 1. The Hall–Kier alpha value is -1.84. The molecule has 1 aliphatic rings. The molecule has 18 heavy (non-hydrogen) atoms. The summed E-state index contributed by atoms with van der Waals surface area (Å²) in [6.07, 6.45) is 2.29. The smallest absolute Gasteiger partial charge is 0.304 e. The highest BCUT2D eigenvalue weighted by Gasteiger charge is 2.49. The number of carbonyl (C=O) groups excluding carboxylic acids is 2. The molecule has 4 nitrogen and oxygen atoms in total. The minimum absolute atomic E-state index is 0.243. The van der Waals surface area contributed by atoms with Crippen LogP contribution in [0.15, 0.2) is 24.3 Å². The van der Waals surface area contributed by atoms with E-state index in [0.29, 0.717) is 6.42 Å². The highest BCUT2D eigenvalue weighted by Crippen LogP contribution is 2.42. The molecule has 0 saturated heterocycles. The molecule has 0 aliphatic carbocycles. The molecule has 0 fully saturated rings. The average Bonchev–Trinajstić information content (AvgIpc) is 2.60. The van der Waals surface area contributed by atoms with Gasteiger partial charge in [-0.15, -0.1) is 0 Å². The molecule has 1 unspecified atom stereocenters. The summed E-state index contributed by atoms with van der Waals surface area (Å²) in [6.45, 7) is 3.38. The minimum atomic E-state index is -1.14. The first-order valence-corrected chi connectivity index (χ1v) is 6.20. The van der Waals surface area contributed by atoms with Crippen LogP contribution in [0.4, 0.5) is 5.69 Å².